The minimum Gasteiger partial charge on any atom is -0.508 e. The number of phenols is 1. The van der Waals surface area contributed by atoms with Crippen molar-refractivity contribution in [1.82, 2.24) is 15.3 Å². The van der Waals surface area contributed by atoms with E-state index in [0.29, 0.717) is 17.7 Å². The van der Waals surface area contributed by atoms with Gasteiger partial charge in [0.05, 0.1) is 5.69 Å². The first kappa shape index (κ1) is 20.2. The topological polar surface area (TPSA) is 73.3 Å². The molecule has 0 bridgehead atoms. The van der Waals surface area contributed by atoms with Gasteiger partial charge in [-0.3, -0.25) is 0 Å². The van der Waals surface area contributed by atoms with E-state index in [1.807, 2.05) is 25.1 Å². The highest BCUT2D eigenvalue weighted by atomic mass is 16.3. The van der Waals surface area contributed by atoms with Crippen LogP contribution in [0.3, 0.4) is 0 Å². The van der Waals surface area contributed by atoms with E-state index < -0.39 is 0 Å². The molecule has 0 aliphatic carbocycles. The van der Waals surface area contributed by atoms with Gasteiger partial charge in [-0.25, -0.2) is 9.97 Å². The molecule has 0 saturated carbocycles. The molecule has 156 valence electrons. The molecule has 1 atom stereocenters. The summed E-state index contributed by atoms with van der Waals surface area (Å²) in [6.45, 7) is 7.92. The standard InChI is InChI=1S/C24H29N5O/c1-17-14-19(6-7-23(17)30)8-10-26-24-27-11-9-22(28-24)20-4-3-5-21(15-20)29-13-12-25-16-18(29)2/h3-7,9,11,14-15,18,25,30H,8,10,12-13,16H2,1-2H3,(H,26,27,28). The molecule has 0 radical (unpaired) electrons. The molecule has 3 aromatic rings. The normalized spacial score (nSPS) is 16.5. The Labute approximate surface area is 178 Å². The van der Waals surface area contributed by atoms with E-state index in [9.17, 15) is 5.11 Å². The van der Waals surface area contributed by atoms with E-state index in [0.717, 1.165) is 49.4 Å². The summed E-state index contributed by atoms with van der Waals surface area (Å²) >= 11 is 0. The predicted octanol–water partition coefficient (Wildman–Crippen LogP) is 3.61. The molecule has 1 aromatic heterocycles. The van der Waals surface area contributed by atoms with Crippen LogP contribution in [0, 0.1) is 6.92 Å². The lowest BCUT2D eigenvalue weighted by atomic mass is 10.1. The van der Waals surface area contributed by atoms with Gasteiger partial charge in [0.25, 0.3) is 0 Å². The monoisotopic (exact) mass is 403 g/mol. The molecule has 2 heterocycles. The number of anilines is 2. The third-order valence-corrected chi connectivity index (χ3v) is 5.59. The lowest BCUT2D eigenvalue weighted by Gasteiger charge is -2.36. The number of nitrogens with one attached hydrogen (secondary N) is 2. The molecular formula is C24H29N5O. The molecule has 1 aliphatic heterocycles. The van der Waals surface area contributed by atoms with Crippen molar-refractivity contribution in [2.24, 2.45) is 0 Å². The average molecular weight is 404 g/mol. The van der Waals surface area contributed by atoms with Gasteiger partial charge in [0, 0.05) is 49.7 Å². The number of piperazine rings is 1. The van der Waals surface area contributed by atoms with Gasteiger partial charge in [-0.05, 0) is 55.7 Å². The van der Waals surface area contributed by atoms with Gasteiger partial charge in [0.2, 0.25) is 5.95 Å². The fourth-order valence-electron chi connectivity index (χ4n) is 3.86. The zero-order chi connectivity index (χ0) is 20.9. The van der Waals surface area contributed by atoms with E-state index in [4.69, 9.17) is 4.98 Å². The van der Waals surface area contributed by atoms with Gasteiger partial charge in [0.15, 0.2) is 0 Å². The van der Waals surface area contributed by atoms with Gasteiger partial charge < -0.3 is 20.6 Å². The van der Waals surface area contributed by atoms with Crippen molar-refractivity contribution in [3.63, 3.8) is 0 Å². The summed E-state index contributed by atoms with van der Waals surface area (Å²) in [4.78, 5) is 11.5. The number of hydrogen-bond donors (Lipinski definition) is 3. The molecule has 0 amide bonds. The van der Waals surface area contributed by atoms with Crippen LogP contribution in [0.2, 0.25) is 0 Å². The number of phenolic OH excluding ortho intramolecular Hbond substituents is 1. The summed E-state index contributed by atoms with van der Waals surface area (Å²) in [5, 5.41) is 16.4. The van der Waals surface area contributed by atoms with Crippen LogP contribution in [-0.4, -0.2) is 47.3 Å². The van der Waals surface area contributed by atoms with Crippen molar-refractivity contribution in [2.75, 3.05) is 36.4 Å². The van der Waals surface area contributed by atoms with E-state index in [1.165, 1.54) is 11.3 Å². The summed E-state index contributed by atoms with van der Waals surface area (Å²) in [5.41, 5.74) is 5.31. The molecule has 6 nitrogen and oxygen atoms in total. The number of rotatable bonds is 6. The van der Waals surface area contributed by atoms with E-state index in [1.54, 1.807) is 12.3 Å². The Bertz CT molecular complexity index is 1010. The Morgan fingerprint density at radius 3 is 2.93 bits per heavy atom. The highest BCUT2D eigenvalue weighted by Gasteiger charge is 2.18. The van der Waals surface area contributed by atoms with Crippen molar-refractivity contribution in [3.8, 4) is 17.0 Å². The number of nitrogens with zero attached hydrogens (tertiary/aromatic N) is 3. The molecule has 30 heavy (non-hydrogen) atoms. The summed E-state index contributed by atoms with van der Waals surface area (Å²) in [7, 11) is 0. The van der Waals surface area contributed by atoms with Crippen LogP contribution >= 0.6 is 0 Å². The lowest BCUT2D eigenvalue weighted by Crippen LogP contribution is -2.49. The number of aromatic hydroxyl groups is 1. The van der Waals surface area contributed by atoms with Gasteiger partial charge in [0.1, 0.15) is 5.75 Å². The zero-order valence-corrected chi connectivity index (χ0v) is 17.6. The van der Waals surface area contributed by atoms with Crippen molar-refractivity contribution in [3.05, 3.63) is 65.9 Å². The molecule has 3 N–H and O–H groups in total. The SMILES string of the molecule is Cc1cc(CCNc2nccc(-c3cccc(N4CCNCC4C)c3)n2)ccc1O. The first-order chi connectivity index (χ1) is 14.6. The largest absolute Gasteiger partial charge is 0.508 e. The van der Waals surface area contributed by atoms with Crippen molar-refractivity contribution in [2.45, 2.75) is 26.3 Å². The fourth-order valence-corrected chi connectivity index (χ4v) is 3.86. The average Bonchev–Trinajstić information content (AvgIpc) is 2.77. The summed E-state index contributed by atoms with van der Waals surface area (Å²) in [5.74, 6) is 0.962. The molecule has 6 heteroatoms. The maximum atomic E-state index is 9.66. The van der Waals surface area contributed by atoms with Gasteiger partial charge >= 0.3 is 0 Å². The van der Waals surface area contributed by atoms with E-state index in [-0.39, 0.29) is 0 Å². The molecule has 0 spiro atoms. The number of aromatic nitrogens is 2. The van der Waals surface area contributed by atoms with Crippen LogP contribution in [0.1, 0.15) is 18.1 Å². The van der Waals surface area contributed by atoms with Crippen LogP contribution < -0.4 is 15.5 Å². The second-order valence-corrected chi connectivity index (χ2v) is 7.86. The number of benzene rings is 2. The first-order valence-corrected chi connectivity index (χ1v) is 10.5. The van der Waals surface area contributed by atoms with E-state index >= 15 is 0 Å². The Balaban J connectivity index is 1.44. The van der Waals surface area contributed by atoms with Crippen LogP contribution in [0.4, 0.5) is 11.6 Å². The maximum absolute atomic E-state index is 9.66. The molecule has 1 saturated heterocycles. The maximum Gasteiger partial charge on any atom is 0.223 e. The van der Waals surface area contributed by atoms with Crippen molar-refractivity contribution in [1.29, 1.82) is 0 Å². The molecule has 4 rings (SSSR count). The minimum atomic E-state index is 0.334. The molecule has 2 aromatic carbocycles. The third kappa shape index (κ3) is 4.71. The second kappa shape index (κ2) is 9.13. The Kier molecular flexibility index (Phi) is 6.14. The zero-order valence-electron chi connectivity index (χ0n) is 17.6. The van der Waals surface area contributed by atoms with Crippen LogP contribution in [0.15, 0.2) is 54.7 Å². The highest BCUT2D eigenvalue weighted by Crippen LogP contribution is 2.25. The van der Waals surface area contributed by atoms with Gasteiger partial charge in [-0.15, -0.1) is 0 Å². The fraction of sp³-hybridized carbons (Fsp3) is 0.333. The second-order valence-electron chi connectivity index (χ2n) is 7.86. The summed E-state index contributed by atoms with van der Waals surface area (Å²) in [6, 6.07) is 16.7. The quantitative estimate of drug-likeness (QED) is 0.584. The van der Waals surface area contributed by atoms with Gasteiger partial charge in [-0.2, -0.15) is 0 Å². The highest BCUT2D eigenvalue weighted by molar-refractivity contribution is 5.66. The number of aryl methyl sites for hydroxylation is 1. The molecule has 1 aliphatic rings. The summed E-state index contributed by atoms with van der Waals surface area (Å²) in [6.07, 6.45) is 2.64. The minimum absolute atomic E-state index is 0.334. The lowest BCUT2D eigenvalue weighted by molar-refractivity contribution is 0.471. The Morgan fingerprint density at radius 2 is 2.10 bits per heavy atom. The Morgan fingerprint density at radius 1 is 1.20 bits per heavy atom. The van der Waals surface area contributed by atoms with Crippen molar-refractivity contribution >= 4 is 11.6 Å². The smallest absolute Gasteiger partial charge is 0.223 e. The van der Waals surface area contributed by atoms with Crippen LogP contribution in [0.5, 0.6) is 5.75 Å². The van der Waals surface area contributed by atoms with Crippen LogP contribution in [0.25, 0.3) is 11.3 Å². The third-order valence-electron chi connectivity index (χ3n) is 5.59. The molecule has 1 unspecified atom stereocenters. The van der Waals surface area contributed by atoms with Gasteiger partial charge in [-0.1, -0.05) is 24.3 Å². The molecular weight excluding hydrogens is 374 g/mol. The van der Waals surface area contributed by atoms with E-state index in [2.05, 4.69) is 51.7 Å². The number of hydrogen-bond acceptors (Lipinski definition) is 6. The molecule has 1 fully saturated rings. The predicted molar refractivity (Wildman–Crippen MR) is 122 cm³/mol. The first-order valence-electron chi connectivity index (χ1n) is 10.5. The summed E-state index contributed by atoms with van der Waals surface area (Å²) < 4.78 is 0. The Hall–Kier alpha value is -3.12. The van der Waals surface area contributed by atoms with Crippen molar-refractivity contribution < 1.29 is 5.11 Å². The van der Waals surface area contributed by atoms with Crippen LogP contribution in [-0.2, 0) is 6.42 Å².